The van der Waals surface area contributed by atoms with Crippen molar-refractivity contribution in [3.63, 3.8) is 0 Å². The molecule has 4 rings (SSSR count). The van der Waals surface area contributed by atoms with E-state index in [1.807, 2.05) is 11.0 Å². The van der Waals surface area contributed by atoms with E-state index in [0.717, 1.165) is 45.2 Å². The second-order valence-corrected chi connectivity index (χ2v) is 7.50. The molecule has 2 amide bonds. The fourth-order valence-electron chi connectivity index (χ4n) is 3.94. The van der Waals surface area contributed by atoms with Gasteiger partial charge in [0.25, 0.3) is 0 Å². The summed E-state index contributed by atoms with van der Waals surface area (Å²) in [4.78, 5) is 14.7. The Morgan fingerprint density at radius 2 is 1.56 bits per heavy atom. The van der Waals surface area contributed by atoms with Crippen LogP contribution in [0.5, 0.6) is 0 Å². The van der Waals surface area contributed by atoms with Crippen molar-refractivity contribution in [3.8, 4) is 0 Å². The zero-order valence-corrected chi connectivity index (χ0v) is 14.7. The first-order chi connectivity index (χ1) is 12.3. The molecule has 1 heterocycles. The summed E-state index contributed by atoms with van der Waals surface area (Å²) in [5.41, 5.74) is 2.54. The van der Waals surface area contributed by atoms with Crippen molar-refractivity contribution in [2.75, 3.05) is 13.1 Å². The molecule has 1 saturated carbocycles. The van der Waals surface area contributed by atoms with E-state index in [2.05, 4.69) is 59.9 Å². The summed E-state index contributed by atoms with van der Waals surface area (Å²) in [5, 5.41) is 3.30. The van der Waals surface area contributed by atoms with Crippen molar-refractivity contribution in [1.82, 2.24) is 10.2 Å². The van der Waals surface area contributed by atoms with Crippen LogP contribution < -0.4 is 5.32 Å². The summed E-state index contributed by atoms with van der Waals surface area (Å²) >= 11 is 0. The maximum Gasteiger partial charge on any atom is 0.318 e. The van der Waals surface area contributed by atoms with Gasteiger partial charge in [0.2, 0.25) is 0 Å². The number of carbonyl (C=O) groups excluding carboxylic acids is 1. The topological polar surface area (TPSA) is 32.3 Å². The van der Waals surface area contributed by atoms with Crippen LogP contribution in [0.15, 0.2) is 60.7 Å². The number of likely N-dealkylation sites (tertiary alicyclic amines) is 1. The van der Waals surface area contributed by atoms with E-state index < -0.39 is 0 Å². The molecule has 2 aromatic carbocycles. The maximum atomic E-state index is 12.7. The molecule has 0 aromatic heterocycles. The summed E-state index contributed by atoms with van der Waals surface area (Å²) < 4.78 is 0. The zero-order chi connectivity index (χ0) is 17.1. The first-order valence-corrected chi connectivity index (χ1v) is 9.42. The van der Waals surface area contributed by atoms with E-state index in [1.165, 1.54) is 11.1 Å². The van der Waals surface area contributed by atoms with Gasteiger partial charge < -0.3 is 10.2 Å². The van der Waals surface area contributed by atoms with Gasteiger partial charge in [-0.25, -0.2) is 4.79 Å². The minimum absolute atomic E-state index is 0.111. The van der Waals surface area contributed by atoms with Gasteiger partial charge in [-0.15, -0.1) is 0 Å². The van der Waals surface area contributed by atoms with Crippen molar-refractivity contribution in [3.05, 3.63) is 71.8 Å². The van der Waals surface area contributed by atoms with Gasteiger partial charge in [-0.2, -0.15) is 0 Å². The Morgan fingerprint density at radius 1 is 0.960 bits per heavy atom. The van der Waals surface area contributed by atoms with Crippen LogP contribution in [0.2, 0.25) is 0 Å². The molecule has 0 radical (unpaired) electrons. The van der Waals surface area contributed by atoms with Gasteiger partial charge in [0.1, 0.15) is 0 Å². The highest BCUT2D eigenvalue weighted by Crippen LogP contribution is 2.45. The van der Waals surface area contributed by atoms with E-state index in [4.69, 9.17) is 0 Å². The molecule has 2 aromatic rings. The number of hydrogen-bond acceptors (Lipinski definition) is 1. The van der Waals surface area contributed by atoms with Crippen LogP contribution >= 0.6 is 0 Å². The standard InChI is InChI=1S/C22H26N2O/c25-21(23-22(13-14-22)20-9-5-2-6-10-20)24-15-11-19(12-16-24)17-18-7-3-1-4-8-18/h1-10,19H,11-17H2,(H,23,25). The summed E-state index contributed by atoms with van der Waals surface area (Å²) in [6.07, 6.45) is 5.42. The van der Waals surface area contributed by atoms with Gasteiger partial charge in [0, 0.05) is 13.1 Å². The number of nitrogens with one attached hydrogen (secondary N) is 1. The highest BCUT2D eigenvalue weighted by atomic mass is 16.2. The number of amides is 2. The minimum Gasteiger partial charge on any atom is -0.328 e. The van der Waals surface area contributed by atoms with Crippen molar-refractivity contribution in [2.45, 2.75) is 37.6 Å². The second-order valence-electron chi connectivity index (χ2n) is 7.50. The third kappa shape index (κ3) is 3.71. The fraction of sp³-hybridized carbons (Fsp3) is 0.409. The Morgan fingerprint density at radius 3 is 2.16 bits per heavy atom. The molecule has 2 aliphatic rings. The molecule has 0 atom stereocenters. The monoisotopic (exact) mass is 334 g/mol. The van der Waals surface area contributed by atoms with Gasteiger partial charge in [-0.3, -0.25) is 0 Å². The lowest BCUT2D eigenvalue weighted by Gasteiger charge is -2.33. The summed E-state index contributed by atoms with van der Waals surface area (Å²) in [6.45, 7) is 1.74. The summed E-state index contributed by atoms with van der Waals surface area (Å²) in [7, 11) is 0. The lowest BCUT2D eigenvalue weighted by Crippen LogP contribution is -2.48. The Hall–Kier alpha value is -2.29. The molecule has 130 valence electrons. The minimum atomic E-state index is -0.112. The number of carbonyl (C=O) groups is 1. The first-order valence-electron chi connectivity index (χ1n) is 9.42. The summed E-state index contributed by atoms with van der Waals surface area (Å²) in [6, 6.07) is 21.2. The lowest BCUT2D eigenvalue weighted by molar-refractivity contribution is 0.166. The molecule has 1 aliphatic heterocycles. The maximum absolute atomic E-state index is 12.7. The van der Waals surface area contributed by atoms with Crippen LogP contribution in [0.3, 0.4) is 0 Å². The van der Waals surface area contributed by atoms with Crippen molar-refractivity contribution >= 4 is 6.03 Å². The molecule has 0 spiro atoms. The molecule has 2 fully saturated rings. The molecular weight excluding hydrogens is 308 g/mol. The molecule has 0 unspecified atom stereocenters. The normalized spacial score (nSPS) is 19.4. The average Bonchev–Trinajstić information content (AvgIpc) is 3.45. The molecule has 3 heteroatoms. The zero-order valence-electron chi connectivity index (χ0n) is 14.7. The number of nitrogens with zero attached hydrogens (tertiary/aromatic N) is 1. The first kappa shape index (κ1) is 16.2. The van der Waals surface area contributed by atoms with Crippen LogP contribution in [0.4, 0.5) is 4.79 Å². The van der Waals surface area contributed by atoms with Crippen LogP contribution in [-0.2, 0) is 12.0 Å². The molecule has 25 heavy (non-hydrogen) atoms. The second kappa shape index (κ2) is 6.91. The molecule has 1 saturated heterocycles. The Labute approximate surface area is 150 Å². The van der Waals surface area contributed by atoms with Gasteiger partial charge in [0.05, 0.1) is 5.54 Å². The van der Waals surface area contributed by atoms with Crippen molar-refractivity contribution < 1.29 is 4.79 Å². The van der Waals surface area contributed by atoms with E-state index in [1.54, 1.807) is 0 Å². The number of piperidine rings is 1. The predicted octanol–water partition coefficient (Wildman–Crippen LogP) is 4.34. The third-order valence-electron chi connectivity index (χ3n) is 5.69. The van der Waals surface area contributed by atoms with E-state index >= 15 is 0 Å². The Balaban J connectivity index is 1.30. The van der Waals surface area contributed by atoms with E-state index in [9.17, 15) is 4.79 Å². The molecule has 1 N–H and O–H groups in total. The fourth-order valence-corrected chi connectivity index (χ4v) is 3.94. The van der Waals surface area contributed by atoms with E-state index in [0.29, 0.717) is 5.92 Å². The largest absolute Gasteiger partial charge is 0.328 e. The van der Waals surface area contributed by atoms with Gasteiger partial charge in [0.15, 0.2) is 0 Å². The Bertz CT molecular complexity index is 701. The SMILES string of the molecule is O=C(NC1(c2ccccc2)CC1)N1CCC(Cc2ccccc2)CC1. The van der Waals surface area contributed by atoms with Crippen LogP contribution in [0, 0.1) is 5.92 Å². The number of rotatable bonds is 4. The highest BCUT2D eigenvalue weighted by Gasteiger charge is 2.46. The number of urea groups is 1. The van der Waals surface area contributed by atoms with E-state index in [-0.39, 0.29) is 11.6 Å². The molecule has 1 aliphatic carbocycles. The highest BCUT2D eigenvalue weighted by molar-refractivity contribution is 5.76. The van der Waals surface area contributed by atoms with Gasteiger partial charge in [-0.05, 0) is 49.1 Å². The van der Waals surface area contributed by atoms with Crippen molar-refractivity contribution in [2.24, 2.45) is 5.92 Å². The quantitative estimate of drug-likeness (QED) is 0.886. The number of benzene rings is 2. The third-order valence-corrected chi connectivity index (χ3v) is 5.69. The van der Waals surface area contributed by atoms with Crippen LogP contribution in [-0.4, -0.2) is 24.0 Å². The smallest absolute Gasteiger partial charge is 0.318 e. The molecular formula is C22H26N2O. The summed E-state index contributed by atoms with van der Waals surface area (Å²) in [5.74, 6) is 0.690. The van der Waals surface area contributed by atoms with Crippen molar-refractivity contribution in [1.29, 1.82) is 0 Å². The average molecular weight is 334 g/mol. The number of hydrogen-bond donors (Lipinski definition) is 1. The van der Waals surface area contributed by atoms with Gasteiger partial charge in [-0.1, -0.05) is 60.7 Å². The predicted molar refractivity (Wildman–Crippen MR) is 100 cm³/mol. The lowest BCUT2D eigenvalue weighted by atomic mass is 9.90. The Kier molecular flexibility index (Phi) is 4.48. The van der Waals surface area contributed by atoms with Gasteiger partial charge >= 0.3 is 6.03 Å². The van der Waals surface area contributed by atoms with Crippen LogP contribution in [0.25, 0.3) is 0 Å². The molecule has 3 nitrogen and oxygen atoms in total. The van der Waals surface area contributed by atoms with Crippen LogP contribution in [0.1, 0.15) is 36.8 Å². The molecule has 0 bridgehead atoms.